The van der Waals surface area contributed by atoms with Crippen LogP contribution in [0.2, 0.25) is 10.0 Å². The molecule has 2 heterocycles. The van der Waals surface area contributed by atoms with Crippen molar-refractivity contribution in [2.45, 2.75) is 12.5 Å². The first-order valence-electron chi connectivity index (χ1n) is 9.94. The smallest absolute Gasteiger partial charge is 0.325 e. The normalized spacial score (nSPS) is 16.2. The van der Waals surface area contributed by atoms with Crippen LogP contribution in [0.25, 0.3) is 10.9 Å². The minimum absolute atomic E-state index is 0.521. The minimum atomic E-state index is -0.840. The minimum Gasteiger partial charge on any atom is -0.480 e. The Morgan fingerprint density at radius 1 is 1.10 bits per heavy atom. The summed E-state index contributed by atoms with van der Waals surface area (Å²) in [6.07, 6.45) is 2.70. The van der Waals surface area contributed by atoms with E-state index in [1.165, 1.54) is 0 Å². The van der Waals surface area contributed by atoms with E-state index in [9.17, 15) is 9.90 Å². The molecule has 2 aromatic carbocycles. The number of hydrogen-bond acceptors (Lipinski definition) is 4. The van der Waals surface area contributed by atoms with Crippen LogP contribution in [0.1, 0.15) is 17.2 Å². The van der Waals surface area contributed by atoms with Gasteiger partial charge >= 0.3 is 5.97 Å². The van der Waals surface area contributed by atoms with E-state index < -0.39 is 12.0 Å². The second kappa shape index (κ2) is 8.86. The van der Waals surface area contributed by atoms with Crippen molar-refractivity contribution in [2.75, 3.05) is 37.6 Å². The zero-order valence-electron chi connectivity index (χ0n) is 16.4. The molecule has 0 radical (unpaired) electrons. The summed E-state index contributed by atoms with van der Waals surface area (Å²) in [7, 11) is 0. The Kier molecular flexibility index (Phi) is 6.20. The van der Waals surface area contributed by atoms with Gasteiger partial charge in [0.1, 0.15) is 6.04 Å². The maximum atomic E-state index is 12.2. The van der Waals surface area contributed by atoms with Crippen molar-refractivity contribution in [3.63, 3.8) is 0 Å². The summed E-state index contributed by atoms with van der Waals surface area (Å²) in [5, 5.41) is 12.1. The zero-order valence-corrected chi connectivity index (χ0v) is 18.0. The maximum Gasteiger partial charge on any atom is 0.325 e. The third-order valence-corrected chi connectivity index (χ3v) is 6.44. The number of fused-ring (bicyclic) bond motifs is 1. The summed E-state index contributed by atoms with van der Waals surface area (Å²) in [5.74, 6) is -0.840. The lowest BCUT2D eigenvalue weighted by Gasteiger charge is -2.39. The number of hydrogen-bond donors (Lipinski definition) is 3. The van der Waals surface area contributed by atoms with E-state index in [1.807, 2.05) is 41.4 Å². The van der Waals surface area contributed by atoms with Crippen LogP contribution in [0.4, 0.5) is 5.69 Å². The van der Waals surface area contributed by atoms with Gasteiger partial charge in [0.2, 0.25) is 0 Å². The molecular formula is C22H24Cl2N4O2. The number of aromatic nitrogens is 1. The number of carbonyl (C=O) groups is 1. The van der Waals surface area contributed by atoms with E-state index in [1.54, 1.807) is 6.07 Å². The number of rotatable bonds is 6. The molecule has 0 bridgehead atoms. The highest BCUT2D eigenvalue weighted by Crippen LogP contribution is 2.31. The molecule has 1 aliphatic rings. The fraction of sp³-hybridized carbons (Fsp3) is 0.318. The first-order chi connectivity index (χ1) is 14.5. The van der Waals surface area contributed by atoms with Gasteiger partial charge in [0.15, 0.2) is 0 Å². The number of benzene rings is 2. The highest BCUT2D eigenvalue weighted by atomic mass is 35.5. The molecule has 1 atom stereocenters. The summed E-state index contributed by atoms with van der Waals surface area (Å²) in [4.78, 5) is 19.7. The molecule has 0 aliphatic carbocycles. The monoisotopic (exact) mass is 446 g/mol. The number of H-pyrrole nitrogens is 1. The molecule has 8 heteroatoms. The van der Waals surface area contributed by atoms with Crippen LogP contribution >= 0.6 is 23.2 Å². The number of nitrogens with zero attached hydrogens (tertiary/aromatic N) is 2. The zero-order chi connectivity index (χ0) is 21.3. The molecule has 1 aliphatic heterocycles. The Bertz CT molecular complexity index is 1060. The van der Waals surface area contributed by atoms with Crippen LogP contribution < -0.4 is 10.6 Å². The van der Waals surface area contributed by atoms with Crippen LogP contribution in [-0.2, 0) is 11.2 Å². The standard InChI is InChI=1S/C22H24Cl2N4O2/c23-18-3-2-16(12-19(18)24)27-7-9-28(10-8-27)21(22(29)30)14-1-4-20-17(11-14)15(5-6-25)13-26-20/h1-4,11-13,21,26H,5-10,25H2,(H,29,30). The topological polar surface area (TPSA) is 85.6 Å². The Labute approximate surface area is 185 Å². The molecule has 0 amide bonds. The van der Waals surface area contributed by atoms with Crippen molar-refractivity contribution in [3.8, 4) is 0 Å². The van der Waals surface area contributed by atoms with Crippen molar-refractivity contribution in [1.82, 2.24) is 9.88 Å². The summed E-state index contributed by atoms with van der Waals surface area (Å²) in [6.45, 7) is 3.26. The van der Waals surface area contributed by atoms with Gasteiger partial charge in [-0.15, -0.1) is 0 Å². The molecule has 1 saturated heterocycles. The van der Waals surface area contributed by atoms with Crippen LogP contribution in [-0.4, -0.2) is 53.7 Å². The van der Waals surface area contributed by atoms with Gasteiger partial charge in [-0.3, -0.25) is 9.69 Å². The SMILES string of the molecule is NCCc1c[nH]c2ccc(C(C(=O)O)N3CCN(c4ccc(Cl)c(Cl)c4)CC3)cc12. The predicted octanol–water partition coefficient (Wildman–Crippen LogP) is 3.92. The number of anilines is 1. The second-order valence-electron chi connectivity index (χ2n) is 7.52. The van der Waals surface area contributed by atoms with E-state index in [-0.39, 0.29) is 0 Å². The number of aliphatic carboxylic acids is 1. The van der Waals surface area contributed by atoms with Gasteiger partial charge in [-0.2, -0.15) is 0 Å². The molecule has 1 aromatic heterocycles. The number of carboxylic acid groups (broad SMARTS) is 1. The van der Waals surface area contributed by atoms with Crippen LogP contribution in [0.15, 0.2) is 42.6 Å². The number of carboxylic acids is 1. The first-order valence-corrected chi connectivity index (χ1v) is 10.7. The molecular weight excluding hydrogens is 423 g/mol. The number of nitrogens with two attached hydrogens (primary N) is 1. The van der Waals surface area contributed by atoms with Crippen LogP contribution in [0, 0.1) is 0 Å². The average Bonchev–Trinajstić information content (AvgIpc) is 3.13. The van der Waals surface area contributed by atoms with Crippen molar-refractivity contribution in [1.29, 1.82) is 0 Å². The Hall–Kier alpha value is -2.25. The third kappa shape index (κ3) is 4.14. The van der Waals surface area contributed by atoms with Gasteiger partial charge in [-0.05, 0) is 54.4 Å². The lowest BCUT2D eigenvalue weighted by molar-refractivity contribution is -0.143. The predicted molar refractivity (Wildman–Crippen MR) is 122 cm³/mol. The molecule has 158 valence electrons. The number of aromatic amines is 1. The number of nitrogens with one attached hydrogen (secondary N) is 1. The van der Waals surface area contributed by atoms with Crippen molar-refractivity contribution in [2.24, 2.45) is 5.73 Å². The largest absolute Gasteiger partial charge is 0.480 e. The number of halogens is 2. The molecule has 3 aromatic rings. The van der Waals surface area contributed by atoms with Gasteiger partial charge in [0.05, 0.1) is 10.0 Å². The summed E-state index contributed by atoms with van der Waals surface area (Å²) >= 11 is 12.2. The highest BCUT2D eigenvalue weighted by molar-refractivity contribution is 6.42. The first kappa shape index (κ1) is 21.0. The molecule has 1 fully saturated rings. The van der Waals surface area contributed by atoms with Gasteiger partial charge in [0, 0.05) is 49.0 Å². The van der Waals surface area contributed by atoms with Gasteiger partial charge in [0.25, 0.3) is 0 Å². The fourth-order valence-corrected chi connectivity index (χ4v) is 4.45. The van der Waals surface area contributed by atoms with E-state index in [2.05, 4.69) is 9.88 Å². The lowest BCUT2D eigenvalue weighted by atomic mass is 10.0. The molecule has 6 nitrogen and oxygen atoms in total. The highest BCUT2D eigenvalue weighted by Gasteiger charge is 2.31. The van der Waals surface area contributed by atoms with Crippen molar-refractivity contribution >= 4 is 45.8 Å². The van der Waals surface area contributed by atoms with E-state index in [4.69, 9.17) is 28.9 Å². The molecule has 4 N–H and O–H groups in total. The Balaban J connectivity index is 1.54. The van der Waals surface area contributed by atoms with Crippen molar-refractivity contribution < 1.29 is 9.90 Å². The molecule has 1 unspecified atom stereocenters. The lowest BCUT2D eigenvalue weighted by Crippen LogP contribution is -2.49. The number of piperazine rings is 1. The van der Waals surface area contributed by atoms with Crippen molar-refractivity contribution in [3.05, 3.63) is 63.8 Å². The second-order valence-corrected chi connectivity index (χ2v) is 8.33. The van der Waals surface area contributed by atoms with Crippen LogP contribution in [0.5, 0.6) is 0 Å². The molecule has 0 saturated carbocycles. The fourth-order valence-electron chi connectivity index (χ4n) is 4.16. The summed E-state index contributed by atoms with van der Waals surface area (Å²) in [6, 6.07) is 10.7. The van der Waals surface area contributed by atoms with E-state index >= 15 is 0 Å². The van der Waals surface area contributed by atoms with E-state index in [0.29, 0.717) is 42.8 Å². The van der Waals surface area contributed by atoms with Crippen LogP contribution in [0.3, 0.4) is 0 Å². The average molecular weight is 447 g/mol. The molecule has 4 rings (SSSR count). The van der Waals surface area contributed by atoms with Gasteiger partial charge in [-0.1, -0.05) is 29.3 Å². The molecule has 0 spiro atoms. The van der Waals surface area contributed by atoms with Gasteiger partial charge in [-0.25, -0.2) is 0 Å². The molecule has 30 heavy (non-hydrogen) atoms. The summed E-state index contributed by atoms with van der Waals surface area (Å²) < 4.78 is 0. The maximum absolute atomic E-state index is 12.2. The third-order valence-electron chi connectivity index (χ3n) is 5.70. The Morgan fingerprint density at radius 2 is 1.87 bits per heavy atom. The van der Waals surface area contributed by atoms with E-state index in [0.717, 1.165) is 34.1 Å². The quantitative estimate of drug-likeness (QED) is 0.533. The summed E-state index contributed by atoms with van der Waals surface area (Å²) in [5.41, 5.74) is 9.61. The Morgan fingerprint density at radius 3 is 2.53 bits per heavy atom. The van der Waals surface area contributed by atoms with Gasteiger partial charge < -0.3 is 20.7 Å².